The van der Waals surface area contributed by atoms with Gasteiger partial charge in [0.2, 0.25) is 5.91 Å². The number of amides is 1. The highest BCUT2D eigenvalue weighted by molar-refractivity contribution is 9.10. The molecule has 0 saturated carbocycles. The van der Waals surface area contributed by atoms with Gasteiger partial charge in [-0.2, -0.15) is 0 Å². The van der Waals surface area contributed by atoms with Crippen molar-refractivity contribution in [2.45, 2.75) is 40.0 Å². The Hall–Kier alpha value is -0.940. The first-order valence-electron chi connectivity index (χ1n) is 6.47. The molecule has 1 rings (SSSR count). The fourth-order valence-corrected chi connectivity index (χ4v) is 2.01. The molecule has 106 valence electrons. The van der Waals surface area contributed by atoms with E-state index in [1.54, 1.807) is 6.07 Å². The minimum atomic E-state index is -0.000631. The largest absolute Gasteiger partial charge is 0.330 e. The van der Waals surface area contributed by atoms with Crippen molar-refractivity contribution in [1.82, 2.24) is 4.98 Å². The fraction of sp³-hybridized carbons (Fsp3) is 0.571. The van der Waals surface area contributed by atoms with Crippen LogP contribution in [0.15, 0.2) is 16.6 Å². The molecular weight excluding hydrogens is 306 g/mol. The first-order valence-corrected chi connectivity index (χ1v) is 7.26. The average molecular weight is 328 g/mol. The van der Waals surface area contributed by atoms with E-state index in [0.29, 0.717) is 18.8 Å². The summed E-state index contributed by atoms with van der Waals surface area (Å²) in [5, 5.41) is 2.82. The highest BCUT2D eigenvalue weighted by Gasteiger charge is 2.18. The fourth-order valence-electron chi connectivity index (χ4n) is 1.79. The second-order valence-electron chi connectivity index (χ2n) is 5.51. The maximum atomic E-state index is 11.9. The summed E-state index contributed by atoms with van der Waals surface area (Å²) >= 11 is 3.38. The van der Waals surface area contributed by atoms with Gasteiger partial charge in [0, 0.05) is 10.9 Å². The molecule has 1 amide bonds. The van der Waals surface area contributed by atoms with Crippen molar-refractivity contribution in [3.8, 4) is 0 Å². The number of hydrogen-bond donors (Lipinski definition) is 2. The van der Waals surface area contributed by atoms with Crippen molar-refractivity contribution in [1.29, 1.82) is 0 Å². The number of nitrogens with zero attached hydrogens (tertiary/aromatic N) is 1. The van der Waals surface area contributed by atoms with Crippen molar-refractivity contribution < 1.29 is 4.79 Å². The number of nitrogens with two attached hydrogens (primary N) is 1. The number of hydrogen-bond acceptors (Lipinski definition) is 3. The number of anilines is 1. The number of pyridine rings is 1. The van der Waals surface area contributed by atoms with Gasteiger partial charge in [-0.3, -0.25) is 4.79 Å². The Morgan fingerprint density at radius 2 is 2.11 bits per heavy atom. The molecule has 19 heavy (non-hydrogen) atoms. The van der Waals surface area contributed by atoms with Crippen molar-refractivity contribution in [2.24, 2.45) is 11.1 Å². The van der Waals surface area contributed by atoms with E-state index in [4.69, 9.17) is 5.73 Å². The quantitative estimate of drug-likeness (QED) is 0.842. The van der Waals surface area contributed by atoms with Gasteiger partial charge in [-0.05, 0) is 59.8 Å². The Morgan fingerprint density at radius 3 is 2.68 bits per heavy atom. The molecule has 4 nitrogen and oxygen atoms in total. The third-order valence-electron chi connectivity index (χ3n) is 3.14. The number of aryl methyl sites for hydroxylation is 1. The van der Waals surface area contributed by atoms with Crippen LogP contribution in [0.1, 0.15) is 38.8 Å². The summed E-state index contributed by atoms with van der Waals surface area (Å²) in [6, 6.07) is 3.68. The zero-order chi connectivity index (χ0) is 14.5. The first kappa shape index (κ1) is 16.1. The van der Waals surface area contributed by atoms with Crippen LogP contribution in [0.3, 0.4) is 0 Å². The van der Waals surface area contributed by atoms with Crippen LogP contribution in [0.5, 0.6) is 0 Å². The van der Waals surface area contributed by atoms with E-state index in [1.165, 1.54) is 0 Å². The lowest BCUT2D eigenvalue weighted by molar-refractivity contribution is -0.116. The van der Waals surface area contributed by atoms with E-state index in [-0.39, 0.29) is 11.3 Å². The molecule has 3 N–H and O–H groups in total. The molecule has 0 fully saturated rings. The van der Waals surface area contributed by atoms with E-state index < -0.39 is 0 Å². The first-order chi connectivity index (χ1) is 8.84. The van der Waals surface area contributed by atoms with Crippen LogP contribution in [-0.2, 0) is 4.79 Å². The number of carbonyl (C=O) groups is 1. The predicted octanol–water partition coefficient (Wildman–Crippen LogP) is 3.25. The van der Waals surface area contributed by atoms with E-state index >= 15 is 0 Å². The van der Waals surface area contributed by atoms with E-state index in [0.717, 1.165) is 23.0 Å². The molecule has 0 atom stereocenters. The van der Waals surface area contributed by atoms with Gasteiger partial charge in [-0.25, -0.2) is 4.98 Å². The van der Waals surface area contributed by atoms with Crippen LogP contribution in [0.4, 0.5) is 5.82 Å². The smallest absolute Gasteiger partial charge is 0.225 e. The summed E-state index contributed by atoms with van der Waals surface area (Å²) in [5.41, 5.74) is 6.53. The van der Waals surface area contributed by atoms with Gasteiger partial charge in [0.05, 0.1) is 5.69 Å². The van der Waals surface area contributed by atoms with Crippen molar-refractivity contribution in [3.05, 3.63) is 22.3 Å². The maximum Gasteiger partial charge on any atom is 0.225 e. The predicted molar refractivity (Wildman–Crippen MR) is 82.0 cm³/mol. The van der Waals surface area contributed by atoms with E-state index in [1.807, 2.05) is 13.0 Å². The number of aromatic nitrogens is 1. The Morgan fingerprint density at radius 1 is 1.42 bits per heavy atom. The molecule has 0 spiro atoms. The molecule has 1 aromatic heterocycles. The van der Waals surface area contributed by atoms with Crippen LogP contribution in [-0.4, -0.2) is 17.4 Å². The van der Waals surface area contributed by atoms with Crippen molar-refractivity contribution >= 4 is 27.7 Å². The highest BCUT2D eigenvalue weighted by Crippen LogP contribution is 2.26. The zero-order valence-electron chi connectivity index (χ0n) is 11.8. The van der Waals surface area contributed by atoms with Crippen molar-refractivity contribution in [2.75, 3.05) is 11.9 Å². The molecule has 0 radical (unpaired) electrons. The molecule has 0 aliphatic carbocycles. The molecule has 0 aromatic carbocycles. The second-order valence-corrected chi connectivity index (χ2v) is 6.37. The summed E-state index contributed by atoms with van der Waals surface area (Å²) in [6.45, 7) is 6.82. The Balaban J connectivity index is 2.49. The number of halogens is 1. The van der Waals surface area contributed by atoms with Gasteiger partial charge in [0.15, 0.2) is 0 Å². The third-order valence-corrected chi connectivity index (χ3v) is 3.98. The zero-order valence-corrected chi connectivity index (χ0v) is 13.4. The lowest BCUT2D eigenvalue weighted by Crippen LogP contribution is -2.21. The summed E-state index contributed by atoms with van der Waals surface area (Å²) in [7, 11) is 0. The third kappa shape index (κ3) is 5.70. The van der Waals surface area contributed by atoms with Crippen LogP contribution >= 0.6 is 15.9 Å². The normalized spacial score (nSPS) is 11.4. The van der Waals surface area contributed by atoms with Gasteiger partial charge in [-0.1, -0.05) is 13.8 Å². The number of carbonyl (C=O) groups excluding carboxylic acids is 1. The van der Waals surface area contributed by atoms with Crippen molar-refractivity contribution in [3.63, 3.8) is 0 Å². The van der Waals surface area contributed by atoms with Crippen LogP contribution in [0.2, 0.25) is 0 Å². The molecule has 0 saturated heterocycles. The van der Waals surface area contributed by atoms with Crippen LogP contribution in [0, 0.1) is 12.3 Å². The average Bonchev–Trinajstić information content (AvgIpc) is 2.32. The van der Waals surface area contributed by atoms with Crippen LogP contribution < -0.4 is 11.1 Å². The van der Waals surface area contributed by atoms with E-state index in [2.05, 4.69) is 40.1 Å². The van der Waals surface area contributed by atoms with Crippen LogP contribution in [0.25, 0.3) is 0 Å². The number of rotatable bonds is 6. The summed E-state index contributed by atoms with van der Waals surface area (Å²) < 4.78 is 0.939. The molecule has 0 unspecified atom stereocenters. The molecule has 5 heteroatoms. The Kier molecular flexibility index (Phi) is 5.94. The Labute approximate surface area is 123 Å². The maximum absolute atomic E-state index is 11.9. The summed E-state index contributed by atoms with van der Waals surface area (Å²) in [5.74, 6) is 0.599. The van der Waals surface area contributed by atoms with Gasteiger partial charge in [-0.15, -0.1) is 0 Å². The standard InChI is InChI=1S/C14H22BrN3O/c1-10-11(15)4-5-12(17-10)18-13(19)6-7-14(2,3)8-9-16/h4-5H,6-9,16H2,1-3H3,(H,17,18,19). The molecule has 0 aliphatic heterocycles. The Bertz CT molecular complexity index is 446. The SMILES string of the molecule is Cc1nc(NC(=O)CCC(C)(C)CCN)ccc1Br. The lowest BCUT2D eigenvalue weighted by Gasteiger charge is -2.23. The molecule has 0 aliphatic rings. The number of nitrogens with one attached hydrogen (secondary N) is 1. The van der Waals surface area contributed by atoms with Gasteiger partial charge >= 0.3 is 0 Å². The van der Waals surface area contributed by atoms with Gasteiger partial charge < -0.3 is 11.1 Å². The molecule has 1 heterocycles. The highest BCUT2D eigenvalue weighted by atomic mass is 79.9. The molecular formula is C14H22BrN3O. The molecule has 0 bridgehead atoms. The molecule has 1 aromatic rings. The summed E-state index contributed by atoms with van der Waals surface area (Å²) in [4.78, 5) is 16.2. The van der Waals surface area contributed by atoms with E-state index in [9.17, 15) is 4.79 Å². The van der Waals surface area contributed by atoms with Gasteiger partial charge in [0.25, 0.3) is 0 Å². The second kappa shape index (κ2) is 7.01. The summed E-state index contributed by atoms with van der Waals surface area (Å²) in [6.07, 6.45) is 2.24. The topological polar surface area (TPSA) is 68.0 Å². The monoisotopic (exact) mass is 327 g/mol. The minimum Gasteiger partial charge on any atom is -0.330 e. The minimum absolute atomic E-state index is 0.000631. The lowest BCUT2D eigenvalue weighted by atomic mass is 9.84. The van der Waals surface area contributed by atoms with Gasteiger partial charge in [0.1, 0.15) is 5.82 Å².